The van der Waals surface area contributed by atoms with Gasteiger partial charge < -0.3 is 25.0 Å². The van der Waals surface area contributed by atoms with Crippen LogP contribution in [0.1, 0.15) is 98.9 Å². The van der Waals surface area contributed by atoms with Gasteiger partial charge >= 0.3 is 5.97 Å². The summed E-state index contributed by atoms with van der Waals surface area (Å²) in [6.45, 7) is 6.10. The van der Waals surface area contributed by atoms with Crippen LogP contribution in [-0.2, 0) is 32.2 Å². The quantitative estimate of drug-likeness (QED) is 0.171. The van der Waals surface area contributed by atoms with Gasteiger partial charge in [0.1, 0.15) is 0 Å². The highest BCUT2D eigenvalue weighted by atomic mass is 16.7. The van der Waals surface area contributed by atoms with E-state index in [-0.39, 0.29) is 31.1 Å². The average Bonchev–Trinajstić information content (AvgIpc) is 3.55. The molecule has 2 aliphatic rings. The van der Waals surface area contributed by atoms with Gasteiger partial charge in [-0.3, -0.25) is 14.5 Å². The molecule has 42 heavy (non-hydrogen) atoms. The van der Waals surface area contributed by atoms with Crippen LogP contribution in [0.5, 0.6) is 0 Å². The van der Waals surface area contributed by atoms with Gasteiger partial charge in [0, 0.05) is 50.5 Å². The number of hydrogen-bond donors (Lipinski definition) is 3. The Hall–Kier alpha value is -3.04. The fourth-order valence-corrected chi connectivity index (χ4v) is 5.92. The van der Waals surface area contributed by atoms with Gasteiger partial charge in [-0.05, 0) is 42.4 Å². The molecule has 0 bridgehead atoms. The molecule has 3 atom stereocenters. The van der Waals surface area contributed by atoms with Crippen LogP contribution in [0.4, 0.5) is 0 Å². The van der Waals surface area contributed by atoms with E-state index in [9.17, 15) is 14.7 Å². The SMILES string of the molecule is C=CCN(CC1CC(c2ccc(CO)cc2)OC(c2ccc(CNC(=O)CCCCCC(=O)O)cc2)O1)C1CCCC1. The summed E-state index contributed by atoms with van der Waals surface area (Å²) in [5.74, 6) is -0.828. The van der Waals surface area contributed by atoms with Crippen molar-refractivity contribution in [3.63, 3.8) is 0 Å². The molecule has 3 N–H and O–H groups in total. The molecule has 2 fully saturated rings. The second-order valence-corrected chi connectivity index (χ2v) is 11.5. The minimum Gasteiger partial charge on any atom is -0.481 e. The van der Waals surface area contributed by atoms with Crippen LogP contribution < -0.4 is 5.32 Å². The number of carboxylic acid groups (broad SMARTS) is 1. The third kappa shape index (κ3) is 9.76. The Balaban J connectivity index is 1.38. The Morgan fingerprint density at radius 1 is 0.929 bits per heavy atom. The highest BCUT2D eigenvalue weighted by Crippen LogP contribution is 2.39. The molecule has 8 nitrogen and oxygen atoms in total. The zero-order chi connectivity index (χ0) is 29.7. The third-order valence-corrected chi connectivity index (χ3v) is 8.29. The van der Waals surface area contributed by atoms with E-state index >= 15 is 0 Å². The van der Waals surface area contributed by atoms with E-state index in [2.05, 4.69) is 16.8 Å². The highest BCUT2D eigenvalue weighted by Gasteiger charge is 2.34. The molecule has 0 radical (unpaired) electrons. The number of nitrogens with zero attached hydrogens (tertiary/aromatic N) is 1. The van der Waals surface area contributed by atoms with Crippen molar-refractivity contribution in [1.29, 1.82) is 0 Å². The normalized spacial score (nSPS) is 21.0. The van der Waals surface area contributed by atoms with E-state index in [4.69, 9.17) is 14.6 Å². The van der Waals surface area contributed by atoms with Crippen molar-refractivity contribution in [2.75, 3.05) is 13.1 Å². The molecule has 0 spiro atoms. The first-order valence-electron chi connectivity index (χ1n) is 15.4. The maximum atomic E-state index is 12.2. The topological polar surface area (TPSA) is 108 Å². The molecule has 1 heterocycles. The predicted octanol–water partition coefficient (Wildman–Crippen LogP) is 5.81. The van der Waals surface area contributed by atoms with E-state index < -0.39 is 12.3 Å². The minimum absolute atomic E-state index is 0.0116. The monoisotopic (exact) mass is 578 g/mol. The summed E-state index contributed by atoms with van der Waals surface area (Å²) in [6, 6.07) is 16.5. The van der Waals surface area contributed by atoms with Crippen LogP contribution in [0.25, 0.3) is 0 Å². The fraction of sp³-hybridized carbons (Fsp3) is 0.529. The number of unbranched alkanes of at least 4 members (excludes halogenated alkanes) is 2. The van der Waals surface area contributed by atoms with Gasteiger partial charge in [0.05, 0.1) is 18.8 Å². The number of aliphatic carboxylic acids is 1. The van der Waals surface area contributed by atoms with Gasteiger partial charge in [-0.25, -0.2) is 0 Å². The molecule has 8 heteroatoms. The predicted molar refractivity (Wildman–Crippen MR) is 161 cm³/mol. The van der Waals surface area contributed by atoms with Crippen LogP contribution in [0.3, 0.4) is 0 Å². The fourth-order valence-electron chi connectivity index (χ4n) is 5.92. The summed E-state index contributed by atoms with van der Waals surface area (Å²) >= 11 is 0. The maximum Gasteiger partial charge on any atom is 0.303 e. The van der Waals surface area contributed by atoms with Gasteiger partial charge in [0.25, 0.3) is 0 Å². The summed E-state index contributed by atoms with van der Waals surface area (Å²) in [5, 5.41) is 21.2. The molecule has 1 aliphatic heterocycles. The Morgan fingerprint density at radius 2 is 1.60 bits per heavy atom. The maximum absolute atomic E-state index is 12.2. The van der Waals surface area contributed by atoms with Crippen LogP contribution in [0, 0.1) is 0 Å². The van der Waals surface area contributed by atoms with Crippen LogP contribution >= 0.6 is 0 Å². The van der Waals surface area contributed by atoms with Crippen molar-refractivity contribution < 1.29 is 29.3 Å². The number of carbonyl (C=O) groups is 2. The van der Waals surface area contributed by atoms with E-state index in [1.165, 1.54) is 25.7 Å². The summed E-state index contributed by atoms with van der Waals surface area (Å²) in [6.07, 6.45) is 9.60. The molecular formula is C34H46N2O6. The van der Waals surface area contributed by atoms with Gasteiger partial charge in [-0.15, -0.1) is 6.58 Å². The molecule has 1 amide bonds. The van der Waals surface area contributed by atoms with Crippen molar-refractivity contribution in [3.05, 3.63) is 83.4 Å². The lowest BCUT2D eigenvalue weighted by Crippen LogP contribution is -2.43. The number of benzene rings is 2. The first kappa shape index (κ1) is 31.9. The molecule has 3 unspecified atom stereocenters. The third-order valence-electron chi connectivity index (χ3n) is 8.29. The van der Waals surface area contributed by atoms with Crippen molar-refractivity contribution in [3.8, 4) is 0 Å². The number of carbonyl (C=O) groups excluding carboxylic acids is 1. The molecular weight excluding hydrogens is 532 g/mol. The van der Waals surface area contributed by atoms with Crippen molar-refractivity contribution in [1.82, 2.24) is 10.2 Å². The van der Waals surface area contributed by atoms with Gasteiger partial charge in [0.15, 0.2) is 6.29 Å². The Morgan fingerprint density at radius 3 is 2.26 bits per heavy atom. The number of aliphatic hydroxyl groups is 1. The average molecular weight is 579 g/mol. The Kier molecular flexibility index (Phi) is 12.6. The van der Waals surface area contributed by atoms with E-state index in [0.717, 1.165) is 48.2 Å². The first-order valence-corrected chi connectivity index (χ1v) is 15.4. The largest absolute Gasteiger partial charge is 0.481 e. The van der Waals surface area contributed by atoms with E-state index in [1.54, 1.807) is 0 Å². The number of rotatable bonds is 16. The number of hydrogen-bond acceptors (Lipinski definition) is 6. The lowest BCUT2D eigenvalue weighted by atomic mass is 9.99. The number of ether oxygens (including phenoxy) is 2. The second-order valence-electron chi connectivity index (χ2n) is 11.5. The summed E-state index contributed by atoms with van der Waals surface area (Å²) in [4.78, 5) is 25.3. The molecule has 228 valence electrons. The van der Waals surface area contributed by atoms with Crippen LogP contribution in [0.2, 0.25) is 0 Å². The standard InChI is InChI=1S/C34H46N2O6/c1-2-20-36(29-8-6-7-9-29)23-30-21-31(27-16-14-26(24-37)15-17-27)42-34(41-30)28-18-12-25(13-19-28)22-35-32(38)10-4-3-5-11-33(39)40/h2,12-19,29-31,34,37H,1,3-11,20-24H2,(H,35,38)(H,39,40). The summed E-state index contributed by atoms with van der Waals surface area (Å²) in [5.41, 5.74) is 3.86. The Labute approximate surface area is 249 Å². The molecule has 1 saturated heterocycles. The minimum atomic E-state index is -0.798. The Bertz CT molecular complexity index is 1130. The van der Waals surface area contributed by atoms with Crippen LogP contribution in [0.15, 0.2) is 61.2 Å². The summed E-state index contributed by atoms with van der Waals surface area (Å²) < 4.78 is 13.1. The molecule has 1 aliphatic carbocycles. The number of aliphatic hydroxyl groups excluding tert-OH is 1. The molecule has 0 aromatic heterocycles. The smallest absolute Gasteiger partial charge is 0.303 e. The second kappa shape index (κ2) is 16.6. The number of amides is 1. The molecule has 4 rings (SSSR count). The zero-order valence-electron chi connectivity index (χ0n) is 24.6. The highest BCUT2D eigenvalue weighted by molar-refractivity contribution is 5.75. The number of carboxylic acids is 1. The van der Waals surface area contributed by atoms with Crippen molar-refractivity contribution >= 4 is 11.9 Å². The van der Waals surface area contributed by atoms with Crippen molar-refractivity contribution in [2.45, 2.75) is 102 Å². The lowest BCUT2D eigenvalue weighted by molar-refractivity contribution is -0.253. The van der Waals surface area contributed by atoms with E-state index in [0.29, 0.717) is 31.8 Å². The lowest BCUT2D eigenvalue weighted by Gasteiger charge is -2.39. The van der Waals surface area contributed by atoms with Gasteiger partial charge in [-0.1, -0.05) is 73.9 Å². The molecule has 2 aromatic rings. The van der Waals surface area contributed by atoms with Crippen molar-refractivity contribution in [2.24, 2.45) is 0 Å². The molecule has 1 saturated carbocycles. The number of nitrogens with one attached hydrogen (secondary N) is 1. The van der Waals surface area contributed by atoms with Crippen LogP contribution in [-0.4, -0.2) is 52.2 Å². The first-order chi connectivity index (χ1) is 20.4. The molecule has 2 aromatic carbocycles. The van der Waals surface area contributed by atoms with Gasteiger partial charge in [-0.2, -0.15) is 0 Å². The van der Waals surface area contributed by atoms with E-state index in [1.807, 2.05) is 54.6 Å². The summed E-state index contributed by atoms with van der Waals surface area (Å²) in [7, 11) is 0. The van der Waals surface area contributed by atoms with Gasteiger partial charge in [0.2, 0.25) is 5.91 Å². The zero-order valence-corrected chi connectivity index (χ0v) is 24.6.